The van der Waals surface area contributed by atoms with Gasteiger partial charge in [-0.1, -0.05) is 39.2 Å². The van der Waals surface area contributed by atoms with Gasteiger partial charge in [0.05, 0.1) is 0 Å². The van der Waals surface area contributed by atoms with Crippen molar-refractivity contribution in [3.05, 3.63) is 22.4 Å². The molecule has 27 heavy (non-hydrogen) atoms. The van der Waals surface area contributed by atoms with Crippen molar-refractivity contribution in [3.63, 3.8) is 0 Å². The van der Waals surface area contributed by atoms with Gasteiger partial charge in [-0.15, -0.1) is 35.3 Å². The van der Waals surface area contributed by atoms with Crippen molar-refractivity contribution in [2.75, 3.05) is 26.7 Å². The SMILES string of the molecule is CN=C(NCC(C)(C)c1cccs1)NC1CCN(C2CCCCC2)CC1.I. The van der Waals surface area contributed by atoms with E-state index in [0.29, 0.717) is 6.04 Å². The van der Waals surface area contributed by atoms with Gasteiger partial charge in [0.25, 0.3) is 0 Å². The number of aliphatic imine (C=N–C) groups is 1. The summed E-state index contributed by atoms with van der Waals surface area (Å²) in [4.78, 5) is 8.62. The van der Waals surface area contributed by atoms with Gasteiger partial charge in [-0.25, -0.2) is 0 Å². The monoisotopic (exact) mass is 504 g/mol. The zero-order chi connectivity index (χ0) is 18.4. The van der Waals surface area contributed by atoms with Gasteiger partial charge in [-0.2, -0.15) is 0 Å². The van der Waals surface area contributed by atoms with E-state index >= 15 is 0 Å². The van der Waals surface area contributed by atoms with Gasteiger partial charge in [0.15, 0.2) is 5.96 Å². The molecular weight excluding hydrogens is 467 g/mol. The van der Waals surface area contributed by atoms with E-state index < -0.39 is 0 Å². The van der Waals surface area contributed by atoms with Crippen LogP contribution < -0.4 is 10.6 Å². The summed E-state index contributed by atoms with van der Waals surface area (Å²) >= 11 is 1.83. The highest BCUT2D eigenvalue weighted by Crippen LogP contribution is 2.27. The minimum Gasteiger partial charge on any atom is -0.356 e. The molecule has 4 nitrogen and oxygen atoms in total. The van der Waals surface area contributed by atoms with Crippen molar-refractivity contribution >= 4 is 41.3 Å². The fourth-order valence-electron chi connectivity index (χ4n) is 4.30. The molecule has 154 valence electrons. The number of hydrogen-bond acceptors (Lipinski definition) is 3. The molecule has 1 aromatic rings. The third kappa shape index (κ3) is 6.60. The number of hydrogen-bond donors (Lipinski definition) is 2. The number of likely N-dealkylation sites (tertiary alicyclic amines) is 1. The largest absolute Gasteiger partial charge is 0.356 e. The highest BCUT2D eigenvalue weighted by Gasteiger charge is 2.27. The quantitative estimate of drug-likeness (QED) is 0.350. The van der Waals surface area contributed by atoms with Crippen molar-refractivity contribution in [2.24, 2.45) is 4.99 Å². The first-order chi connectivity index (χ1) is 12.6. The summed E-state index contributed by atoms with van der Waals surface area (Å²) in [6, 6.07) is 5.76. The molecule has 6 heteroatoms. The molecule has 0 amide bonds. The third-order valence-corrected chi connectivity index (χ3v) is 7.31. The van der Waals surface area contributed by atoms with E-state index in [0.717, 1.165) is 18.5 Å². The van der Waals surface area contributed by atoms with Crippen LogP contribution in [0.2, 0.25) is 0 Å². The summed E-state index contributed by atoms with van der Waals surface area (Å²) in [5.74, 6) is 0.950. The van der Waals surface area contributed by atoms with Gasteiger partial charge in [0, 0.05) is 49.1 Å². The lowest BCUT2D eigenvalue weighted by Crippen LogP contribution is -2.52. The maximum absolute atomic E-state index is 4.46. The molecular formula is C21H37IN4S. The fraction of sp³-hybridized carbons (Fsp3) is 0.762. The number of guanidine groups is 1. The predicted molar refractivity (Wildman–Crippen MR) is 129 cm³/mol. The van der Waals surface area contributed by atoms with Crippen LogP contribution in [-0.2, 0) is 5.41 Å². The molecule has 3 rings (SSSR count). The van der Waals surface area contributed by atoms with Gasteiger partial charge in [0.2, 0.25) is 0 Å². The third-order valence-electron chi connectivity index (χ3n) is 6.07. The van der Waals surface area contributed by atoms with Gasteiger partial charge < -0.3 is 15.5 Å². The molecule has 0 spiro atoms. The predicted octanol–water partition coefficient (Wildman–Crippen LogP) is 4.61. The van der Waals surface area contributed by atoms with Crippen LogP contribution in [0.3, 0.4) is 0 Å². The molecule has 0 aromatic carbocycles. The molecule has 2 heterocycles. The Hall–Kier alpha value is -0.340. The van der Waals surface area contributed by atoms with E-state index in [1.807, 2.05) is 18.4 Å². The van der Waals surface area contributed by atoms with Crippen LogP contribution in [0.1, 0.15) is 63.7 Å². The number of halogens is 1. The molecule has 1 saturated heterocycles. The molecule has 0 bridgehead atoms. The van der Waals surface area contributed by atoms with Gasteiger partial charge in [-0.3, -0.25) is 4.99 Å². The lowest BCUT2D eigenvalue weighted by molar-refractivity contribution is 0.119. The fourth-order valence-corrected chi connectivity index (χ4v) is 5.15. The topological polar surface area (TPSA) is 39.7 Å². The highest BCUT2D eigenvalue weighted by molar-refractivity contribution is 14.0. The zero-order valence-electron chi connectivity index (χ0n) is 17.2. The number of piperidine rings is 1. The van der Waals surface area contributed by atoms with E-state index in [4.69, 9.17) is 0 Å². The Bertz CT molecular complexity index is 559. The van der Waals surface area contributed by atoms with Crippen LogP contribution in [0.4, 0.5) is 0 Å². The second kappa shape index (κ2) is 11.0. The van der Waals surface area contributed by atoms with Crippen LogP contribution in [0.15, 0.2) is 22.5 Å². The molecule has 0 atom stereocenters. The molecule has 0 radical (unpaired) electrons. The van der Waals surface area contributed by atoms with Gasteiger partial charge in [0.1, 0.15) is 0 Å². The van der Waals surface area contributed by atoms with Gasteiger partial charge in [-0.05, 0) is 37.1 Å². The van der Waals surface area contributed by atoms with Crippen LogP contribution in [-0.4, -0.2) is 49.6 Å². The first kappa shape index (κ1) is 22.9. The summed E-state index contributed by atoms with van der Waals surface area (Å²) in [5, 5.41) is 9.37. The van der Waals surface area contributed by atoms with Crippen molar-refractivity contribution in [1.82, 2.24) is 15.5 Å². The summed E-state index contributed by atoms with van der Waals surface area (Å²) in [6.45, 7) is 7.96. The van der Waals surface area contributed by atoms with E-state index in [-0.39, 0.29) is 29.4 Å². The molecule has 1 aliphatic heterocycles. The zero-order valence-corrected chi connectivity index (χ0v) is 20.3. The lowest BCUT2D eigenvalue weighted by atomic mass is 9.91. The van der Waals surface area contributed by atoms with Crippen molar-refractivity contribution in [1.29, 1.82) is 0 Å². The van der Waals surface area contributed by atoms with Crippen molar-refractivity contribution in [2.45, 2.75) is 76.3 Å². The molecule has 1 saturated carbocycles. The number of rotatable bonds is 5. The average molecular weight is 505 g/mol. The Balaban J connectivity index is 0.00000261. The van der Waals surface area contributed by atoms with Crippen molar-refractivity contribution < 1.29 is 0 Å². The van der Waals surface area contributed by atoms with Crippen LogP contribution in [0.25, 0.3) is 0 Å². The van der Waals surface area contributed by atoms with Crippen LogP contribution >= 0.6 is 35.3 Å². The molecule has 2 N–H and O–H groups in total. The van der Waals surface area contributed by atoms with E-state index in [1.54, 1.807) is 0 Å². The standard InChI is InChI=1S/C21H36N4S.HI/c1-21(2,19-10-7-15-26-19)16-23-20(22-3)24-17-11-13-25(14-12-17)18-8-5-4-6-9-18;/h7,10,15,17-18H,4-6,8-9,11-14,16H2,1-3H3,(H2,22,23,24);1H. The number of nitrogens with zero attached hydrogens (tertiary/aromatic N) is 2. The minimum absolute atomic E-state index is 0. The van der Waals surface area contributed by atoms with Crippen molar-refractivity contribution in [3.8, 4) is 0 Å². The normalized spacial score (nSPS) is 20.9. The molecule has 2 fully saturated rings. The Labute approximate surface area is 186 Å². The average Bonchev–Trinajstić information content (AvgIpc) is 3.22. The Morgan fingerprint density at radius 2 is 1.89 bits per heavy atom. The van der Waals surface area contributed by atoms with E-state index in [1.165, 1.54) is 62.9 Å². The lowest BCUT2D eigenvalue weighted by Gasteiger charge is -2.39. The van der Waals surface area contributed by atoms with Crippen LogP contribution in [0.5, 0.6) is 0 Å². The summed E-state index contributed by atoms with van der Waals surface area (Å²) < 4.78 is 0. The summed E-state index contributed by atoms with van der Waals surface area (Å²) in [7, 11) is 1.88. The maximum atomic E-state index is 4.46. The first-order valence-corrected chi connectivity index (χ1v) is 11.2. The Morgan fingerprint density at radius 3 is 2.48 bits per heavy atom. The van der Waals surface area contributed by atoms with Crippen LogP contribution in [0, 0.1) is 0 Å². The minimum atomic E-state index is 0. The molecule has 1 aliphatic carbocycles. The maximum Gasteiger partial charge on any atom is 0.191 e. The second-order valence-electron chi connectivity index (χ2n) is 8.53. The van der Waals surface area contributed by atoms with Gasteiger partial charge >= 0.3 is 0 Å². The molecule has 0 unspecified atom stereocenters. The smallest absolute Gasteiger partial charge is 0.191 e. The first-order valence-electron chi connectivity index (χ1n) is 10.3. The highest BCUT2D eigenvalue weighted by atomic mass is 127. The Morgan fingerprint density at radius 1 is 1.19 bits per heavy atom. The summed E-state index contributed by atoms with van der Waals surface area (Å²) in [6.07, 6.45) is 9.59. The number of nitrogens with one attached hydrogen (secondary N) is 2. The summed E-state index contributed by atoms with van der Waals surface area (Å²) in [5.41, 5.74) is 0.121. The van der Waals surface area contributed by atoms with E-state index in [2.05, 4.69) is 51.9 Å². The Kier molecular flexibility index (Phi) is 9.35. The molecule has 1 aromatic heterocycles. The second-order valence-corrected chi connectivity index (χ2v) is 9.48. The molecule has 2 aliphatic rings. The number of thiophene rings is 1. The van der Waals surface area contributed by atoms with E-state index in [9.17, 15) is 0 Å².